The summed E-state index contributed by atoms with van der Waals surface area (Å²) < 4.78 is 10.4. The number of methoxy groups -OCH3 is 1. The average molecular weight is 267 g/mol. The second-order valence-electron chi connectivity index (χ2n) is 5.42. The molecule has 1 unspecified atom stereocenters. The molecule has 0 spiro atoms. The number of hydrogen-bond acceptors (Lipinski definition) is 5. The molecular weight excluding hydrogens is 242 g/mol. The van der Waals surface area contributed by atoms with Gasteiger partial charge in [-0.25, -0.2) is 0 Å². The van der Waals surface area contributed by atoms with E-state index in [1.54, 1.807) is 7.11 Å². The molecule has 1 aromatic rings. The predicted octanol–water partition coefficient (Wildman–Crippen LogP) is 1.44. The van der Waals surface area contributed by atoms with Crippen molar-refractivity contribution in [1.29, 1.82) is 0 Å². The highest BCUT2D eigenvalue weighted by molar-refractivity contribution is 5.20. The van der Waals surface area contributed by atoms with Crippen LogP contribution < -0.4 is 0 Å². The first-order valence-corrected chi connectivity index (χ1v) is 6.99. The zero-order valence-corrected chi connectivity index (χ0v) is 12.5. The van der Waals surface area contributed by atoms with Crippen molar-refractivity contribution >= 4 is 0 Å². The first-order valence-electron chi connectivity index (χ1n) is 6.99. The van der Waals surface area contributed by atoms with E-state index < -0.39 is 0 Å². The van der Waals surface area contributed by atoms with Gasteiger partial charge in [-0.3, -0.25) is 9.80 Å². The van der Waals surface area contributed by atoms with Gasteiger partial charge in [0.1, 0.15) is 5.76 Å². The SMILES string of the molecule is COCCN1CCN(Cc2c(C)noc2C)CC1C. The third kappa shape index (κ3) is 3.55. The maximum Gasteiger partial charge on any atom is 0.138 e. The Morgan fingerprint density at radius 2 is 2.16 bits per heavy atom. The molecular formula is C14H25N3O2. The van der Waals surface area contributed by atoms with E-state index >= 15 is 0 Å². The monoisotopic (exact) mass is 267 g/mol. The minimum absolute atomic E-state index is 0.573. The van der Waals surface area contributed by atoms with E-state index in [0.717, 1.165) is 50.8 Å². The summed E-state index contributed by atoms with van der Waals surface area (Å²) >= 11 is 0. The standard InChI is InChI=1S/C14H25N3O2/c1-11-9-16(5-6-17(11)7-8-18-4)10-14-12(2)15-19-13(14)3/h11H,5-10H2,1-4H3. The second-order valence-corrected chi connectivity index (χ2v) is 5.42. The minimum atomic E-state index is 0.573. The summed E-state index contributed by atoms with van der Waals surface area (Å²) in [6.45, 7) is 12.4. The van der Waals surface area contributed by atoms with Gasteiger partial charge in [-0.2, -0.15) is 0 Å². The zero-order chi connectivity index (χ0) is 13.8. The summed E-state index contributed by atoms with van der Waals surface area (Å²) in [5, 5.41) is 4.03. The molecule has 108 valence electrons. The summed E-state index contributed by atoms with van der Waals surface area (Å²) in [7, 11) is 1.76. The molecule has 0 bridgehead atoms. The number of aryl methyl sites for hydroxylation is 2. The Morgan fingerprint density at radius 1 is 1.37 bits per heavy atom. The largest absolute Gasteiger partial charge is 0.383 e. The lowest BCUT2D eigenvalue weighted by Gasteiger charge is -2.39. The van der Waals surface area contributed by atoms with Crippen LogP contribution in [0.3, 0.4) is 0 Å². The molecule has 0 saturated carbocycles. The van der Waals surface area contributed by atoms with E-state index in [-0.39, 0.29) is 0 Å². The van der Waals surface area contributed by atoms with E-state index in [4.69, 9.17) is 9.26 Å². The highest BCUT2D eigenvalue weighted by Gasteiger charge is 2.24. The van der Waals surface area contributed by atoms with Crippen LogP contribution in [-0.2, 0) is 11.3 Å². The van der Waals surface area contributed by atoms with Crippen LogP contribution in [-0.4, -0.2) is 60.9 Å². The molecule has 5 nitrogen and oxygen atoms in total. The number of ether oxygens (including phenoxy) is 1. The minimum Gasteiger partial charge on any atom is -0.383 e. The average Bonchev–Trinajstić information content (AvgIpc) is 2.70. The molecule has 19 heavy (non-hydrogen) atoms. The van der Waals surface area contributed by atoms with Crippen molar-refractivity contribution in [2.45, 2.75) is 33.4 Å². The Hall–Kier alpha value is -0.910. The van der Waals surface area contributed by atoms with Crippen LogP contribution in [0.1, 0.15) is 23.9 Å². The highest BCUT2D eigenvalue weighted by atomic mass is 16.5. The van der Waals surface area contributed by atoms with Gasteiger partial charge in [0.25, 0.3) is 0 Å². The Morgan fingerprint density at radius 3 is 2.74 bits per heavy atom. The molecule has 1 aromatic heterocycles. The number of nitrogens with zero attached hydrogens (tertiary/aromatic N) is 3. The van der Waals surface area contributed by atoms with Crippen molar-refractivity contribution in [2.75, 3.05) is 39.9 Å². The summed E-state index contributed by atoms with van der Waals surface area (Å²) in [5.74, 6) is 0.951. The van der Waals surface area contributed by atoms with Crippen LogP contribution in [0.5, 0.6) is 0 Å². The Kier molecular flexibility index (Phi) is 4.96. The smallest absolute Gasteiger partial charge is 0.138 e. The molecule has 1 saturated heterocycles. The van der Waals surface area contributed by atoms with E-state index in [1.165, 1.54) is 5.56 Å². The molecule has 1 fully saturated rings. The van der Waals surface area contributed by atoms with Crippen LogP contribution in [0.15, 0.2) is 4.52 Å². The van der Waals surface area contributed by atoms with Gasteiger partial charge in [-0.15, -0.1) is 0 Å². The summed E-state index contributed by atoms with van der Waals surface area (Å²) in [4.78, 5) is 4.98. The van der Waals surface area contributed by atoms with Crippen molar-refractivity contribution in [1.82, 2.24) is 15.0 Å². The molecule has 1 aliphatic heterocycles. The molecule has 0 N–H and O–H groups in total. The van der Waals surface area contributed by atoms with Gasteiger partial charge in [0, 0.05) is 51.4 Å². The normalized spacial score (nSPS) is 22.0. The maximum absolute atomic E-state index is 5.23. The van der Waals surface area contributed by atoms with Gasteiger partial charge in [0.15, 0.2) is 0 Å². The molecule has 1 aliphatic rings. The van der Waals surface area contributed by atoms with Crippen LogP contribution in [0.2, 0.25) is 0 Å². The lowest BCUT2D eigenvalue weighted by Crippen LogP contribution is -2.52. The van der Waals surface area contributed by atoms with Gasteiger partial charge in [-0.05, 0) is 20.8 Å². The fraction of sp³-hybridized carbons (Fsp3) is 0.786. The molecule has 0 amide bonds. The first-order chi connectivity index (χ1) is 9.11. The van der Waals surface area contributed by atoms with E-state index in [0.29, 0.717) is 6.04 Å². The van der Waals surface area contributed by atoms with Crippen molar-refractivity contribution in [3.05, 3.63) is 17.0 Å². The lowest BCUT2D eigenvalue weighted by molar-refractivity contribution is 0.0555. The fourth-order valence-electron chi connectivity index (χ4n) is 2.71. The molecule has 0 aromatic carbocycles. The zero-order valence-electron chi connectivity index (χ0n) is 12.5. The third-order valence-corrected chi connectivity index (χ3v) is 3.99. The molecule has 2 heterocycles. The number of aromatic nitrogens is 1. The third-order valence-electron chi connectivity index (χ3n) is 3.99. The Balaban J connectivity index is 1.88. The number of piperazine rings is 1. The van der Waals surface area contributed by atoms with Crippen molar-refractivity contribution < 1.29 is 9.26 Å². The number of hydrogen-bond donors (Lipinski definition) is 0. The van der Waals surface area contributed by atoms with Crippen LogP contribution in [0.25, 0.3) is 0 Å². The van der Waals surface area contributed by atoms with Gasteiger partial charge in [0.2, 0.25) is 0 Å². The van der Waals surface area contributed by atoms with Gasteiger partial charge in [0.05, 0.1) is 12.3 Å². The van der Waals surface area contributed by atoms with E-state index in [1.807, 2.05) is 13.8 Å². The fourth-order valence-corrected chi connectivity index (χ4v) is 2.71. The van der Waals surface area contributed by atoms with E-state index in [2.05, 4.69) is 21.9 Å². The van der Waals surface area contributed by atoms with Gasteiger partial charge < -0.3 is 9.26 Å². The quantitative estimate of drug-likeness (QED) is 0.807. The topological polar surface area (TPSA) is 41.7 Å². The molecule has 0 radical (unpaired) electrons. The van der Waals surface area contributed by atoms with Crippen LogP contribution in [0.4, 0.5) is 0 Å². The second kappa shape index (κ2) is 6.50. The van der Waals surface area contributed by atoms with Crippen molar-refractivity contribution in [3.63, 3.8) is 0 Å². The maximum atomic E-state index is 5.23. The lowest BCUT2D eigenvalue weighted by atomic mass is 10.1. The summed E-state index contributed by atoms with van der Waals surface area (Å²) in [5.41, 5.74) is 2.27. The number of rotatable bonds is 5. The van der Waals surface area contributed by atoms with Crippen molar-refractivity contribution in [2.24, 2.45) is 0 Å². The summed E-state index contributed by atoms with van der Waals surface area (Å²) in [6.07, 6.45) is 0. The van der Waals surface area contributed by atoms with E-state index in [9.17, 15) is 0 Å². The summed E-state index contributed by atoms with van der Waals surface area (Å²) in [6, 6.07) is 0.573. The van der Waals surface area contributed by atoms with Gasteiger partial charge >= 0.3 is 0 Å². The predicted molar refractivity (Wildman–Crippen MR) is 74.2 cm³/mol. The first kappa shape index (κ1) is 14.5. The molecule has 0 aliphatic carbocycles. The van der Waals surface area contributed by atoms with Crippen molar-refractivity contribution in [3.8, 4) is 0 Å². The molecule has 5 heteroatoms. The Bertz CT molecular complexity index is 386. The molecule has 1 atom stereocenters. The van der Waals surface area contributed by atoms with Crippen LogP contribution in [0, 0.1) is 13.8 Å². The molecule has 2 rings (SSSR count). The van der Waals surface area contributed by atoms with Gasteiger partial charge in [-0.1, -0.05) is 5.16 Å². The van der Waals surface area contributed by atoms with Crippen LogP contribution >= 0.6 is 0 Å². The highest BCUT2D eigenvalue weighted by Crippen LogP contribution is 2.17. The Labute approximate surface area is 115 Å².